The van der Waals surface area contributed by atoms with Crippen LogP contribution in [0.25, 0.3) is 16.8 Å². The van der Waals surface area contributed by atoms with Gasteiger partial charge >= 0.3 is 6.03 Å². The average molecular weight is 571 g/mol. The van der Waals surface area contributed by atoms with E-state index in [2.05, 4.69) is 33.4 Å². The van der Waals surface area contributed by atoms with Gasteiger partial charge in [0.15, 0.2) is 11.5 Å². The standard InChI is InChI=1S/C30H23BrN2O5/c1-18-8-3-6-13-25(18)33-29(35)23(28(34)32-30(33)36)14-21-15-26(37-2)27(16-24(21)31)38-17-20-11-7-10-19-9-4-5-12-22(19)20/h3-16H,17H2,1-2H3,(H,32,34,36)/b23-14+. The van der Waals surface area contributed by atoms with Gasteiger partial charge in [-0.05, 0) is 58.7 Å². The number of amides is 4. The van der Waals surface area contributed by atoms with Gasteiger partial charge in [0.05, 0.1) is 12.8 Å². The van der Waals surface area contributed by atoms with Crippen molar-refractivity contribution < 1.29 is 23.9 Å². The Morgan fingerprint density at radius 3 is 2.45 bits per heavy atom. The summed E-state index contributed by atoms with van der Waals surface area (Å²) in [4.78, 5) is 39.5. The van der Waals surface area contributed by atoms with Crippen molar-refractivity contribution in [2.24, 2.45) is 0 Å². The number of hydrogen-bond donors (Lipinski definition) is 1. The lowest BCUT2D eigenvalue weighted by Crippen LogP contribution is -2.54. The number of ether oxygens (including phenoxy) is 2. The number of hydrogen-bond acceptors (Lipinski definition) is 5. The lowest BCUT2D eigenvalue weighted by molar-refractivity contribution is -0.122. The molecule has 0 aromatic heterocycles. The molecule has 0 unspecified atom stereocenters. The Labute approximate surface area is 227 Å². The summed E-state index contributed by atoms with van der Waals surface area (Å²) in [5, 5.41) is 4.48. The van der Waals surface area contributed by atoms with Crippen molar-refractivity contribution in [1.82, 2.24) is 5.32 Å². The number of anilines is 1. The number of para-hydroxylation sites is 1. The maximum atomic E-state index is 13.3. The molecule has 5 rings (SSSR count). The monoisotopic (exact) mass is 570 g/mol. The molecule has 1 fully saturated rings. The molecule has 190 valence electrons. The Morgan fingerprint density at radius 2 is 1.66 bits per heavy atom. The fourth-order valence-corrected chi connectivity index (χ4v) is 4.79. The normalized spacial score (nSPS) is 14.7. The highest BCUT2D eigenvalue weighted by Gasteiger charge is 2.37. The Balaban J connectivity index is 1.46. The lowest BCUT2D eigenvalue weighted by atomic mass is 10.0. The molecule has 0 saturated carbocycles. The minimum atomic E-state index is -0.791. The smallest absolute Gasteiger partial charge is 0.335 e. The molecule has 0 bridgehead atoms. The van der Waals surface area contributed by atoms with Gasteiger partial charge in [-0.15, -0.1) is 0 Å². The number of nitrogens with one attached hydrogen (secondary N) is 1. The molecule has 1 aliphatic rings. The number of fused-ring (bicyclic) bond motifs is 1. The number of rotatable bonds is 6. The first-order chi connectivity index (χ1) is 18.4. The molecular formula is C30H23BrN2O5. The van der Waals surface area contributed by atoms with Gasteiger partial charge in [0, 0.05) is 4.47 Å². The number of urea groups is 1. The molecular weight excluding hydrogens is 548 g/mol. The predicted molar refractivity (Wildman–Crippen MR) is 149 cm³/mol. The average Bonchev–Trinajstić information content (AvgIpc) is 2.91. The maximum absolute atomic E-state index is 13.3. The number of halogens is 1. The van der Waals surface area contributed by atoms with Gasteiger partial charge in [-0.2, -0.15) is 0 Å². The van der Waals surface area contributed by atoms with Crippen molar-refractivity contribution >= 4 is 56.3 Å². The lowest BCUT2D eigenvalue weighted by Gasteiger charge is -2.27. The summed E-state index contributed by atoms with van der Waals surface area (Å²) in [7, 11) is 1.52. The third-order valence-electron chi connectivity index (χ3n) is 6.30. The van der Waals surface area contributed by atoms with Crippen molar-refractivity contribution in [1.29, 1.82) is 0 Å². The Bertz CT molecular complexity index is 1620. The minimum Gasteiger partial charge on any atom is -0.493 e. The fraction of sp³-hybridized carbons (Fsp3) is 0.100. The molecule has 0 aliphatic carbocycles. The topological polar surface area (TPSA) is 84.9 Å². The van der Waals surface area contributed by atoms with Gasteiger partial charge in [0.25, 0.3) is 11.8 Å². The molecule has 1 saturated heterocycles. The van der Waals surface area contributed by atoms with Gasteiger partial charge < -0.3 is 9.47 Å². The number of carbonyl (C=O) groups excluding carboxylic acids is 3. The summed E-state index contributed by atoms with van der Waals surface area (Å²) in [5.74, 6) is -0.566. The van der Waals surface area contributed by atoms with E-state index in [1.54, 1.807) is 43.3 Å². The van der Waals surface area contributed by atoms with E-state index < -0.39 is 17.8 Å². The number of benzene rings is 4. The maximum Gasteiger partial charge on any atom is 0.335 e. The van der Waals surface area contributed by atoms with Gasteiger partial charge in [0.2, 0.25) is 0 Å². The van der Waals surface area contributed by atoms with Crippen LogP contribution in [0.1, 0.15) is 16.7 Å². The molecule has 4 aromatic rings. The SMILES string of the molecule is COc1cc(/C=C2\C(=O)NC(=O)N(c3ccccc3C)C2=O)c(Br)cc1OCc1cccc2ccccc12. The number of imide groups is 2. The van der Waals surface area contributed by atoms with Crippen LogP contribution < -0.4 is 19.7 Å². The van der Waals surface area contributed by atoms with Crippen LogP contribution in [-0.4, -0.2) is 25.0 Å². The molecule has 38 heavy (non-hydrogen) atoms. The first-order valence-corrected chi connectivity index (χ1v) is 12.6. The number of nitrogens with zero attached hydrogens (tertiary/aromatic N) is 1. The summed E-state index contributed by atoms with van der Waals surface area (Å²) >= 11 is 3.52. The van der Waals surface area contributed by atoms with E-state index in [0.717, 1.165) is 26.8 Å². The zero-order valence-corrected chi connectivity index (χ0v) is 22.2. The quantitative estimate of drug-likeness (QED) is 0.221. The van der Waals surface area contributed by atoms with Crippen molar-refractivity contribution in [3.8, 4) is 11.5 Å². The number of barbiturate groups is 1. The van der Waals surface area contributed by atoms with Crippen LogP contribution in [0.4, 0.5) is 10.5 Å². The first kappa shape index (κ1) is 25.2. The minimum absolute atomic E-state index is 0.181. The van der Waals surface area contributed by atoms with Crippen molar-refractivity contribution in [2.75, 3.05) is 12.0 Å². The molecule has 4 amide bonds. The summed E-state index contributed by atoms with van der Waals surface area (Å²) in [6.07, 6.45) is 1.43. The number of methoxy groups -OCH3 is 1. The zero-order chi connectivity index (χ0) is 26.8. The molecule has 4 aromatic carbocycles. The largest absolute Gasteiger partial charge is 0.493 e. The van der Waals surface area contributed by atoms with E-state index >= 15 is 0 Å². The molecule has 0 radical (unpaired) electrons. The number of aryl methyl sites for hydroxylation is 1. The summed E-state index contributed by atoms with van der Waals surface area (Å²) in [5.41, 5.74) is 2.48. The van der Waals surface area contributed by atoms with Crippen LogP contribution >= 0.6 is 15.9 Å². The highest BCUT2D eigenvalue weighted by molar-refractivity contribution is 9.10. The van der Waals surface area contributed by atoms with Gasteiger partial charge in [0.1, 0.15) is 12.2 Å². The molecule has 1 aliphatic heterocycles. The third kappa shape index (κ3) is 4.78. The Kier molecular flexibility index (Phi) is 6.98. The van der Waals surface area contributed by atoms with Gasteiger partial charge in [-0.1, -0.05) is 76.6 Å². The molecule has 0 atom stereocenters. The van der Waals surface area contributed by atoms with Crippen LogP contribution in [0.2, 0.25) is 0 Å². The van der Waals surface area contributed by atoms with E-state index in [1.165, 1.54) is 13.2 Å². The molecule has 7 nitrogen and oxygen atoms in total. The predicted octanol–water partition coefficient (Wildman–Crippen LogP) is 6.16. The summed E-state index contributed by atoms with van der Waals surface area (Å²) < 4.78 is 12.3. The molecule has 1 heterocycles. The fourth-order valence-electron chi connectivity index (χ4n) is 4.35. The van der Waals surface area contributed by atoms with Crippen LogP contribution in [0.3, 0.4) is 0 Å². The zero-order valence-electron chi connectivity index (χ0n) is 20.7. The van der Waals surface area contributed by atoms with Crippen molar-refractivity contribution in [2.45, 2.75) is 13.5 Å². The van der Waals surface area contributed by atoms with Crippen LogP contribution in [-0.2, 0) is 16.2 Å². The van der Waals surface area contributed by atoms with Crippen molar-refractivity contribution in [3.05, 3.63) is 106 Å². The Morgan fingerprint density at radius 1 is 0.921 bits per heavy atom. The van der Waals surface area contributed by atoms with Gasteiger partial charge in [-0.25, -0.2) is 9.69 Å². The second kappa shape index (κ2) is 10.5. The molecule has 8 heteroatoms. The van der Waals surface area contributed by atoms with E-state index in [-0.39, 0.29) is 5.57 Å². The van der Waals surface area contributed by atoms with E-state index in [9.17, 15) is 14.4 Å². The van der Waals surface area contributed by atoms with E-state index in [1.807, 2.05) is 30.3 Å². The summed E-state index contributed by atoms with van der Waals surface area (Å²) in [6.45, 7) is 2.10. The third-order valence-corrected chi connectivity index (χ3v) is 6.99. The second-order valence-corrected chi connectivity index (χ2v) is 9.55. The highest BCUT2D eigenvalue weighted by Crippen LogP contribution is 2.36. The summed E-state index contributed by atoms with van der Waals surface area (Å²) in [6, 6.07) is 23.7. The molecule has 0 spiro atoms. The second-order valence-electron chi connectivity index (χ2n) is 8.70. The van der Waals surface area contributed by atoms with E-state index in [4.69, 9.17) is 9.47 Å². The first-order valence-electron chi connectivity index (χ1n) is 11.8. The highest BCUT2D eigenvalue weighted by atomic mass is 79.9. The Hall–Kier alpha value is -4.43. The van der Waals surface area contributed by atoms with Crippen LogP contribution in [0.5, 0.6) is 11.5 Å². The van der Waals surface area contributed by atoms with E-state index in [0.29, 0.717) is 33.8 Å². The van der Waals surface area contributed by atoms with Crippen LogP contribution in [0, 0.1) is 6.92 Å². The van der Waals surface area contributed by atoms with Crippen LogP contribution in [0.15, 0.2) is 88.9 Å². The molecule has 1 N–H and O–H groups in total. The van der Waals surface area contributed by atoms with Gasteiger partial charge in [-0.3, -0.25) is 14.9 Å². The number of carbonyl (C=O) groups is 3. The van der Waals surface area contributed by atoms with Crippen molar-refractivity contribution in [3.63, 3.8) is 0 Å².